The first-order valence-electron chi connectivity index (χ1n) is 10.8. The van der Waals surface area contributed by atoms with Crippen LogP contribution in [0.2, 0.25) is 5.02 Å². The lowest BCUT2D eigenvalue weighted by Crippen LogP contribution is -2.53. The van der Waals surface area contributed by atoms with Gasteiger partial charge in [-0.05, 0) is 37.6 Å². The predicted molar refractivity (Wildman–Crippen MR) is 128 cm³/mol. The Kier molecular flexibility index (Phi) is 10.7. The standard InChI is InChI=1S/C23H28ClN3O4.CH3Cl/c1-26(15-31-16-27-12-6-7-17(14-27)13-20(25)22(29)30)23(11-5-4-10-21(23)28)18-8-2-3-9-19(18)24;1-2/h2-3,6-9,12,14,20H,4-5,10-11,13,15-16,25H2,1H3;1H3/p+1. The molecule has 0 spiro atoms. The van der Waals surface area contributed by atoms with E-state index in [1.807, 2.05) is 65.3 Å². The zero-order valence-electron chi connectivity index (χ0n) is 19.0. The number of carbonyl (C=O) groups is 2. The Morgan fingerprint density at radius 2 is 2.00 bits per heavy atom. The van der Waals surface area contributed by atoms with E-state index in [1.54, 1.807) is 0 Å². The van der Waals surface area contributed by atoms with Crippen LogP contribution in [0.15, 0.2) is 48.8 Å². The van der Waals surface area contributed by atoms with Crippen molar-refractivity contribution < 1.29 is 24.0 Å². The first kappa shape index (κ1) is 27.2. The molecule has 0 bridgehead atoms. The van der Waals surface area contributed by atoms with E-state index >= 15 is 0 Å². The second-order valence-electron chi connectivity index (χ2n) is 8.01. The second kappa shape index (κ2) is 13.0. The van der Waals surface area contributed by atoms with E-state index in [-0.39, 0.29) is 25.7 Å². The van der Waals surface area contributed by atoms with Crippen molar-refractivity contribution >= 4 is 35.0 Å². The maximum Gasteiger partial charge on any atom is 0.320 e. The molecule has 1 aromatic heterocycles. The summed E-state index contributed by atoms with van der Waals surface area (Å²) in [4.78, 5) is 26.1. The molecule has 2 atom stereocenters. The Balaban J connectivity index is 0.00000187. The number of Topliss-reactive ketones (excluding diaryl/α,β-unsaturated/α-hetero) is 1. The molecular weight excluding hydrogens is 465 g/mol. The topological polar surface area (TPSA) is 96.7 Å². The summed E-state index contributed by atoms with van der Waals surface area (Å²) in [6.07, 6.45) is 8.42. The van der Waals surface area contributed by atoms with Crippen LogP contribution in [-0.2, 0) is 33.0 Å². The monoisotopic (exact) mass is 496 g/mol. The highest BCUT2D eigenvalue weighted by atomic mass is 35.5. The van der Waals surface area contributed by atoms with Crippen LogP contribution in [-0.4, -0.2) is 48.0 Å². The SMILES string of the molecule is CCl.CN(COC[n+]1cccc(CC(N)C(=O)O)c1)C1(c2ccccc2Cl)CCCCC1=O. The third-order valence-electron chi connectivity index (χ3n) is 5.84. The molecule has 1 aliphatic rings. The molecule has 180 valence electrons. The van der Waals surface area contributed by atoms with Crippen LogP contribution >= 0.6 is 23.2 Å². The minimum absolute atomic E-state index is 0.162. The lowest BCUT2D eigenvalue weighted by Gasteiger charge is -2.43. The number of carboxylic acids is 1. The van der Waals surface area contributed by atoms with Gasteiger partial charge in [0.25, 0.3) is 6.73 Å². The average Bonchev–Trinajstić information content (AvgIpc) is 2.81. The molecule has 3 N–H and O–H groups in total. The Labute approximate surface area is 205 Å². The van der Waals surface area contributed by atoms with E-state index in [0.29, 0.717) is 17.9 Å². The number of aromatic nitrogens is 1. The van der Waals surface area contributed by atoms with Gasteiger partial charge in [0.2, 0.25) is 0 Å². The summed E-state index contributed by atoms with van der Waals surface area (Å²) in [5.74, 6) is -0.870. The number of carboxylic acid groups (broad SMARTS) is 1. The van der Waals surface area contributed by atoms with E-state index in [9.17, 15) is 9.59 Å². The van der Waals surface area contributed by atoms with Crippen molar-refractivity contribution in [2.45, 2.75) is 50.4 Å². The van der Waals surface area contributed by atoms with E-state index in [0.717, 1.165) is 24.0 Å². The van der Waals surface area contributed by atoms with Crippen molar-refractivity contribution in [3.63, 3.8) is 0 Å². The lowest BCUT2D eigenvalue weighted by atomic mass is 9.74. The van der Waals surface area contributed by atoms with Crippen molar-refractivity contribution in [3.8, 4) is 0 Å². The van der Waals surface area contributed by atoms with Gasteiger partial charge in [0, 0.05) is 35.9 Å². The number of ether oxygens (including phenoxy) is 1. The van der Waals surface area contributed by atoms with E-state index in [2.05, 4.69) is 11.6 Å². The number of nitrogens with two attached hydrogens (primary N) is 1. The molecule has 0 radical (unpaired) electrons. The van der Waals surface area contributed by atoms with E-state index in [4.69, 9.17) is 27.2 Å². The van der Waals surface area contributed by atoms with Gasteiger partial charge < -0.3 is 15.6 Å². The molecule has 9 heteroatoms. The van der Waals surface area contributed by atoms with Gasteiger partial charge in [-0.1, -0.05) is 36.2 Å². The van der Waals surface area contributed by atoms with Gasteiger partial charge in [-0.15, -0.1) is 11.6 Å². The van der Waals surface area contributed by atoms with Gasteiger partial charge in [-0.3, -0.25) is 14.5 Å². The number of pyridine rings is 1. The smallest absolute Gasteiger partial charge is 0.320 e. The summed E-state index contributed by atoms with van der Waals surface area (Å²) in [5.41, 5.74) is 6.47. The molecule has 1 aliphatic carbocycles. The van der Waals surface area contributed by atoms with E-state index in [1.165, 1.54) is 6.38 Å². The summed E-state index contributed by atoms with van der Waals surface area (Å²) >= 11 is 11.1. The van der Waals surface area contributed by atoms with Crippen molar-refractivity contribution in [2.24, 2.45) is 5.73 Å². The third kappa shape index (κ3) is 6.74. The fourth-order valence-corrected chi connectivity index (χ4v) is 4.51. The largest absolute Gasteiger partial charge is 0.480 e. The molecule has 0 saturated heterocycles. The number of halogens is 2. The van der Waals surface area contributed by atoms with Crippen LogP contribution in [0.25, 0.3) is 0 Å². The van der Waals surface area contributed by atoms with Crippen LogP contribution in [0.4, 0.5) is 0 Å². The van der Waals surface area contributed by atoms with Gasteiger partial charge >= 0.3 is 5.97 Å². The van der Waals surface area contributed by atoms with Gasteiger partial charge in [0.1, 0.15) is 18.3 Å². The lowest BCUT2D eigenvalue weighted by molar-refractivity contribution is -0.734. The Morgan fingerprint density at radius 3 is 2.67 bits per heavy atom. The fourth-order valence-electron chi connectivity index (χ4n) is 4.22. The summed E-state index contributed by atoms with van der Waals surface area (Å²) in [6.45, 7) is 0.496. The summed E-state index contributed by atoms with van der Waals surface area (Å²) in [6, 6.07) is 10.2. The Morgan fingerprint density at radius 1 is 1.27 bits per heavy atom. The second-order valence-corrected chi connectivity index (χ2v) is 8.41. The quantitative estimate of drug-likeness (QED) is 0.314. The molecule has 1 fully saturated rings. The maximum absolute atomic E-state index is 13.1. The first-order chi connectivity index (χ1) is 15.8. The van der Waals surface area contributed by atoms with Gasteiger partial charge in [0.15, 0.2) is 18.2 Å². The Hall–Kier alpha value is -2.03. The van der Waals surface area contributed by atoms with Gasteiger partial charge in [-0.2, -0.15) is 4.57 Å². The molecule has 0 aliphatic heterocycles. The summed E-state index contributed by atoms with van der Waals surface area (Å²) < 4.78 is 7.74. The van der Waals surface area contributed by atoms with Crippen molar-refractivity contribution in [3.05, 3.63) is 64.9 Å². The van der Waals surface area contributed by atoms with Crippen molar-refractivity contribution in [1.82, 2.24) is 4.90 Å². The van der Waals surface area contributed by atoms with Gasteiger partial charge in [-0.25, -0.2) is 0 Å². The number of likely N-dealkylation sites (N-methyl/N-ethyl adjacent to an activating group) is 1. The third-order valence-corrected chi connectivity index (χ3v) is 6.17. The summed E-state index contributed by atoms with van der Waals surface area (Å²) in [7, 11) is 1.89. The highest BCUT2D eigenvalue weighted by Crippen LogP contribution is 2.42. The van der Waals surface area contributed by atoms with Crippen LogP contribution in [0.3, 0.4) is 0 Å². The molecule has 1 saturated carbocycles. The number of aliphatic carboxylic acids is 1. The zero-order chi connectivity index (χ0) is 24.4. The van der Waals surface area contributed by atoms with E-state index < -0.39 is 17.6 Å². The molecule has 33 heavy (non-hydrogen) atoms. The number of hydrogen-bond acceptors (Lipinski definition) is 5. The molecule has 7 nitrogen and oxygen atoms in total. The fraction of sp³-hybridized carbons (Fsp3) is 0.458. The van der Waals surface area contributed by atoms with Gasteiger partial charge in [0.05, 0.1) is 0 Å². The van der Waals surface area contributed by atoms with Crippen LogP contribution < -0.4 is 10.3 Å². The number of ketones is 1. The number of benzene rings is 1. The average molecular weight is 497 g/mol. The molecule has 3 rings (SSSR count). The first-order valence-corrected chi connectivity index (χ1v) is 11.9. The number of nitrogens with zero attached hydrogens (tertiary/aromatic N) is 2. The van der Waals surface area contributed by atoms with Crippen molar-refractivity contribution in [2.75, 3.05) is 20.2 Å². The highest BCUT2D eigenvalue weighted by molar-refractivity contribution is 6.31. The minimum Gasteiger partial charge on any atom is -0.480 e. The van der Waals surface area contributed by atoms with Crippen LogP contribution in [0, 0.1) is 0 Å². The minimum atomic E-state index is -1.03. The Bertz CT molecular complexity index is 943. The highest BCUT2D eigenvalue weighted by Gasteiger charge is 2.46. The molecule has 2 unspecified atom stereocenters. The molecule has 0 amide bonds. The number of alkyl halides is 1. The molecule has 1 heterocycles. The predicted octanol–water partition coefficient (Wildman–Crippen LogP) is 3.34. The van der Waals surface area contributed by atoms with Crippen LogP contribution in [0.1, 0.15) is 36.8 Å². The zero-order valence-corrected chi connectivity index (χ0v) is 20.6. The number of carbonyl (C=O) groups excluding carboxylic acids is 1. The molecule has 2 aromatic rings. The molecule has 1 aromatic carbocycles. The number of rotatable bonds is 9. The number of hydrogen-bond donors (Lipinski definition) is 2. The normalized spacial score (nSPS) is 19.0. The van der Waals surface area contributed by atoms with Crippen LogP contribution in [0.5, 0.6) is 0 Å². The molecular formula is C24H32Cl2N3O4+. The maximum atomic E-state index is 13.1. The van der Waals surface area contributed by atoms with Crippen molar-refractivity contribution in [1.29, 1.82) is 0 Å². The summed E-state index contributed by atoms with van der Waals surface area (Å²) in [5, 5.41) is 9.58.